The van der Waals surface area contributed by atoms with Crippen LogP contribution in [0.3, 0.4) is 0 Å². The number of hydrogen-bond donors (Lipinski definition) is 6. The molecule has 1 aromatic carbocycles. The molecule has 11 heteroatoms. The van der Waals surface area contributed by atoms with Gasteiger partial charge in [0.25, 0.3) is 5.91 Å². The molecular formula is C24H34N2O9. The minimum Gasteiger partial charge on any atom is -0.507 e. The van der Waals surface area contributed by atoms with Crippen LogP contribution in [0.4, 0.5) is 0 Å². The van der Waals surface area contributed by atoms with Gasteiger partial charge in [0.05, 0.1) is 18.5 Å². The summed E-state index contributed by atoms with van der Waals surface area (Å²) in [5.41, 5.74) is 0.669. The zero-order valence-corrected chi connectivity index (χ0v) is 20.2. The molecular weight excluding hydrogens is 460 g/mol. The number of aromatic hydroxyl groups is 1. The van der Waals surface area contributed by atoms with Crippen molar-refractivity contribution >= 4 is 17.8 Å². The zero-order chi connectivity index (χ0) is 26.1. The summed E-state index contributed by atoms with van der Waals surface area (Å²) in [5.74, 6) is -4.32. The molecule has 6 N–H and O–H groups in total. The van der Waals surface area contributed by atoms with Crippen molar-refractivity contribution in [2.24, 2.45) is 5.92 Å². The van der Waals surface area contributed by atoms with E-state index < -0.39 is 60.1 Å². The molecule has 2 heterocycles. The first-order valence-electron chi connectivity index (χ1n) is 11.7. The van der Waals surface area contributed by atoms with Crippen LogP contribution in [0.25, 0.3) is 0 Å². The molecule has 11 nitrogen and oxygen atoms in total. The topological polar surface area (TPSA) is 175 Å². The van der Waals surface area contributed by atoms with Gasteiger partial charge in [0.15, 0.2) is 6.10 Å². The SMILES string of the molecule is CC(C)C[C@H](NC(=O)[C@@H](O)[C@@H](O)[C@@H]1CC(=O)OC(C)(O)[C@H](C)N1)[C@@H]1Cc2cccc(O)c2C(=O)O1. The van der Waals surface area contributed by atoms with Crippen molar-refractivity contribution in [3.8, 4) is 5.75 Å². The number of cyclic esters (lactones) is 2. The first kappa shape index (κ1) is 26.9. The van der Waals surface area contributed by atoms with E-state index in [1.54, 1.807) is 12.1 Å². The number of ether oxygens (including phenoxy) is 2. The average Bonchev–Trinajstić information content (AvgIpc) is 2.85. The van der Waals surface area contributed by atoms with E-state index in [4.69, 9.17) is 9.47 Å². The highest BCUT2D eigenvalue weighted by atomic mass is 16.7. The highest BCUT2D eigenvalue weighted by Crippen LogP contribution is 2.30. The molecule has 0 aromatic heterocycles. The lowest BCUT2D eigenvalue weighted by atomic mass is 9.90. The quantitative estimate of drug-likeness (QED) is 0.277. The maximum absolute atomic E-state index is 12.9. The van der Waals surface area contributed by atoms with Crippen LogP contribution in [0.5, 0.6) is 5.75 Å². The second kappa shape index (κ2) is 10.5. The summed E-state index contributed by atoms with van der Waals surface area (Å²) in [4.78, 5) is 37.5. The summed E-state index contributed by atoms with van der Waals surface area (Å²) in [6.07, 6.45) is -4.08. The molecule has 1 saturated heterocycles. The lowest BCUT2D eigenvalue weighted by Gasteiger charge is -2.34. The number of carbonyl (C=O) groups excluding carboxylic acids is 3. The Morgan fingerprint density at radius 1 is 1.26 bits per heavy atom. The number of aliphatic hydroxyl groups excluding tert-OH is 2. The number of hydrogen-bond acceptors (Lipinski definition) is 10. The number of nitrogens with one attached hydrogen (secondary N) is 2. The van der Waals surface area contributed by atoms with E-state index in [9.17, 15) is 34.8 Å². The third-order valence-electron chi connectivity index (χ3n) is 6.49. The van der Waals surface area contributed by atoms with Crippen LogP contribution in [0.1, 0.15) is 56.5 Å². The second-order valence-corrected chi connectivity index (χ2v) is 9.87. The fraction of sp³-hybridized carbons (Fsp3) is 0.625. The van der Waals surface area contributed by atoms with Gasteiger partial charge in [-0.05, 0) is 30.9 Å². The summed E-state index contributed by atoms with van der Waals surface area (Å²) in [7, 11) is 0. The van der Waals surface area contributed by atoms with E-state index in [1.165, 1.54) is 19.9 Å². The molecule has 0 radical (unpaired) electrons. The van der Waals surface area contributed by atoms with Crippen LogP contribution in [0.2, 0.25) is 0 Å². The third-order valence-corrected chi connectivity index (χ3v) is 6.49. The number of phenols is 1. The van der Waals surface area contributed by atoms with Crippen LogP contribution in [0, 0.1) is 5.92 Å². The van der Waals surface area contributed by atoms with Gasteiger partial charge in [0.2, 0.25) is 5.79 Å². The van der Waals surface area contributed by atoms with Gasteiger partial charge in [0, 0.05) is 19.4 Å². The second-order valence-electron chi connectivity index (χ2n) is 9.87. The van der Waals surface area contributed by atoms with E-state index in [0.717, 1.165) is 0 Å². The summed E-state index contributed by atoms with van der Waals surface area (Å²) in [6, 6.07) is 2.18. The maximum atomic E-state index is 12.9. The average molecular weight is 495 g/mol. The van der Waals surface area contributed by atoms with E-state index in [-0.39, 0.29) is 30.1 Å². The first-order chi connectivity index (χ1) is 16.3. The van der Waals surface area contributed by atoms with E-state index in [0.29, 0.717) is 12.0 Å². The summed E-state index contributed by atoms with van der Waals surface area (Å²) >= 11 is 0. The molecule has 2 aliphatic rings. The van der Waals surface area contributed by atoms with Gasteiger partial charge in [0.1, 0.15) is 23.5 Å². The van der Waals surface area contributed by atoms with Gasteiger partial charge in [-0.3, -0.25) is 9.59 Å². The molecule has 2 aliphatic heterocycles. The number of fused-ring (bicyclic) bond motifs is 1. The molecule has 1 amide bonds. The number of phenolic OH excluding ortho intramolecular Hbond substituents is 1. The van der Waals surface area contributed by atoms with Crippen molar-refractivity contribution in [1.82, 2.24) is 10.6 Å². The smallest absolute Gasteiger partial charge is 0.342 e. The fourth-order valence-corrected chi connectivity index (χ4v) is 4.42. The van der Waals surface area contributed by atoms with Crippen molar-refractivity contribution in [1.29, 1.82) is 0 Å². The Morgan fingerprint density at radius 2 is 1.94 bits per heavy atom. The van der Waals surface area contributed by atoms with Gasteiger partial charge < -0.3 is 40.5 Å². The highest BCUT2D eigenvalue weighted by molar-refractivity contribution is 5.95. The van der Waals surface area contributed by atoms with Gasteiger partial charge in [-0.2, -0.15) is 0 Å². The van der Waals surface area contributed by atoms with Gasteiger partial charge in [-0.1, -0.05) is 26.0 Å². The Bertz CT molecular complexity index is 964. The van der Waals surface area contributed by atoms with E-state index >= 15 is 0 Å². The largest absolute Gasteiger partial charge is 0.507 e. The van der Waals surface area contributed by atoms with E-state index in [1.807, 2.05) is 13.8 Å². The predicted octanol–water partition coefficient (Wildman–Crippen LogP) is -0.271. The zero-order valence-electron chi connectivity index (χ0n) is 20.2. The third kappa shape index (κ3) is 6.10. The fourth-order valence-electron chi connectivity index (χ4n) is 4.42. The Morgan fingerprint density at radius 3 is 2.60 bits per heavy atom. The molecule has 0 aliphatic carbocycles. The number of rotatable bonds is 7. The Labute approximate surface area is 203 Å². The normalized spacial score (nSPS) is 29.3. The van der Waals surface area contributed by atoms with Crippen LogP contribution < -0.4 is 10.6 Å². The van der Waals surface area contributed by atoms with Crippen LogP contribution in [-0.4, -0.2) is 80.5 Å². The highest BCUT2D eigenvalue weighted by Gasteiger charge is 2.43. The minimum absolute atomic E-state index is 0.0881. The van der Waals surface area contributed by atoms with Crippen LogP contribution >= 0.6 is 0 Å². The molecule has 0 spiro atoms. The molecule has 3 rings (SSSR count). The van der Waals surface area contributed by atoms with Crippen molar-refractivity contribution in [3.05, 3.63) is 29.3 Å². The molecule has 7 atom stereocenters. The monoisotopic (exact) mass is 494 g/mol. The maximum Gasteiger partial charge on any atom is 0.342 e. The minimum atomic E-state index is -1.92. The van der Waals surface area contributed by atoms with Gasteiger partial charge in [-0.15, -0.1) is 0 Å². The molecule has 35 heavy (non-hydrogen) atoms. The Hall–Kier alpha value is -2.73. The number of aliphatic hydroxyl groups is 3. The molecule has 1 fully saturated rings. The number of carbonyl (C=O) groups is 3. The number of benzene rings is 1. The lowest BCUT2D eigenvalue weighted by Crippen LogP contribution is -2.58. The standard InChI is InChI=1S/C24H34N2O9/c1-11(2)8-14(17-9-13-6-5-7-16(27)19(13)23(32)34-17)26-22(31)21(30)20(29)15-10-18(28)35-24(4,33)12(3)25-15/h5-7,11-12,14-15,17,20-21,25,27,29-30,33H,8-10H2,1-4H3,(H,26,31)/t12-,14-,15-,17-,20-,21-,24?/m0/s1. The van der Waals surface area contributed by atoms with Crippen molar-refractivity contribution in [2.45, 2.75) is 89.2 Å². The Balaban J connectivity index is 1.73. The first-order valence-corrected chi connectivity index (χ1v) is 11.7. The summed E-state index contributed by atoms with van der Waals surface area (Å²) in [6.45, 7) is 6.67. The molecule has 1 aromatic rings. The van der Waals surface area contributed by atoms with E-state index in [2.05, 4.69) is 10.6 Å². The number of amides is 1. The predicted molar refractivity (Wildman–Crippen MR) is 122 cm³/mol. The Kier molecular flexibility index (Phi) is 8.05. The molecule has 1 unspecified atom stereocenters. The summed E-state index contributed by atoms with van der Waals surface area (Å²) < 4.78 is 10.5. The van der Waals surface area contributed by atoms with Gasteiger partial charge >= 0.3 is 11.9 Å². The van der Waals surface area contributed by atoms with Crippen LogP contribution in [-0.2, 0) is 25.5 Å². The molecule has 194 valence electrons. The van der Waals surface area contributed by atoms with Crippen LogP contribution in [0.15, 0.2) is 18.2 Å². The summed E-state index contributed by atoms with van der Waals surface area (Å²) in [5, 5.41) is 47.0. The van der Waals surface area contributed by atoms with Crippen molar-refractivity contribution in [2.75, 3.05) is 0 Å². The molecule has 0 saturated carbocycles. The van der Waals surface area contributed by atoms with Gasteiger partial charge in [-0.25, -0.2) is 4.79 Å². The molecule has 0 bridgehead atoms. The number of esters is 2. The lowest BCUT2D eigenvalue weighted by molar-refractivity contribution is -0.206. The van der Waals surface area contributed by atoms with Crippen molar-refractivity contribution < 1.29 is 44.3 Å². The van der Waals surface area contributed by atoms with Crippen molar-refractivity contribution in [3.63, 3.8) is 0 Å².